The van der Waals surface area contributed by atoms with Gasteiger partial charge in [0.25, 0.3) is 5.91 Å². The van der Waals surface area contributed by atoms with E-state index in [2.05, 4.69) is 70.1 Å². The fourth-order valence-electron chi connectivity index (χ4n) is 9.41. The van der Waals surface area contributed by atoms with Gasteiger partial charge in [0, 0.05) is 5.56 Å². The number of primary amides is 1. The van der Waals surface area contributed by atoms with Crippen molar-refractivity contribution in [2.24, 2.45) is 23.0 Å². The highest BCUT2D eigenvalue weighted by Crippen LogP contribution is 2.65. The maximum absolute atomic E-state index is 13.4. The highest BCUT2D eigenvalue weighted by molar-refractivity contribution is 6.47. The maximum Gasteiger partial charge on any atom is 0.481 e. The summed E-state index contributed by atoms with van der Waals surface area (Å²) in [6.45, 7) is 12.6. The van der Waals surface area contributed by atoms with Gasteiger partial charge < -0.3 is 62.5 Å². The molecule has 0 aromatic heterocycles. The molecule has 3 saturated carbocycles. The molecule has 2 unspecified atom stereocenters. The molecule has 1 heterocycles. The van der Waals surface area contributed by atoms with E-state index in [9.17, 15) is 48.6 Å². The van der Waals surface area contributed by atoms with Crippen molar-refractivity contribution in [2.75, 3.05) is 13.2 Å². The van der Waals surface area contributed by atoms with Crippen molar-refractivity contribution in [2.45, 2.75) is 148 Å². The summed E-state index contributed by atoms with van der Waals surface area (Å²) < 4.78 is 12.7. The van der Waals surface area contributed by atoms with E-state index in [4.69, 9.17) is 15.0 Å². The molecule has 0 spiro atoms. The molecule has 20 nitrogen and oxygen atoms in total. The number of benzene rings is 2. The quantitative estimate of drug-likeness (QED) is 0.0654. The molecule has 1 saturated heterocycles. The minimum atomic E-state index is -1.62. The van der Waals surface area contributed by atoms with Gasteiger partial charge in [0.1, 0.15) is 30.2 Å². The van der Waals surface area contributed by atoms with Crippen LogP contribution in [0.5, 0.6) is 0 Å². The predicted molar refractivity (Wildman–Crippen MR) is 254 cm³/mol. The normalized spacial score (nSPS) is 22.9. The molecule has 2 aromatic carbocycles. The lowest BCUT2D eigenvalue weighted by Crippen LogP contribution is -2.65. The van der Waals surface area contributed by atoms with Crippen LogP contribution >= 0.6 is 0 Å². The lowest BCUT2D eigenvalue weighted by Gasteiger charge is -2.64. The predicted octanol–water partition coefficient (Wildman–Crippen LogP) is -0.0895. The molecule has 11 atom stereocenters. The first-order valence-electron chi connectivity index (χ1n) is 23.7. The van der Waals surface area contributed by atoms with Crippen LogP contribution in [0.4, 0.5) is 0 Å². The number of aliphatic hydroxyl groups excluding tert-OH is 2. The van der Waals surface area contributed by atoms with Gasteiger partial charge in [-0.1, -0.05) is 63.6 Å². The third-order valence-corrected chi connectivity index (χ3v) is 13.9. The first-order valence-corrected chi connectivity index (χ1v) is 23.7. The summed E-state index contributed by atoms with van der Waals surface area (Å²) >= 11 is 0. The highest BCUT2D eigenvalue weighted by atomic mass is 16.7. The maximum atomic E-state index is 13.4. The van der Waals surface area contributed by atoms with Crippen LogP contribution in [-0.4, -0.2) is 132 Å². The Morgan fingerprint density at radius 1 is 0.754 bits per heavy atom. The molecule has 6 rings (SSSR count). The van der Waals surface area contributed by atoms with E-state index in [0.29, 0.717) is 5.92 Å². The summed E-state index contributed by atoms with van der Waals surface area (Å²) in [4.78, 5) is 104. The van der Waals surface area contributed by atoms with Gasteiger partial charge in [0.2, 0.25) is 41.4 Å². The summed E-state index contributed by atoms with van der Waals surface area (Å²) in [6.07, 6.45) is 2.88. The van der Waals surface area contributed by atoms with Gasteiger partial charge >= 0.3 is 7.12 Å². The molecule has 8 amide bonds. The molecule has 4 aliphatic rings. The van der Waals surface area contributed by atoms with Crippen molar-refractivity contribution in [3.05, 3.63) is 59.7 Å². The number of hydrogen-bond acceptors (Lipinski definition) is 12. The number of carbonyl (C=O) groups is 8. The van der Waals surface area contributed by atoms with Crippen molar-refractivity contribution in [3.8, 4) is 11.1 Å². The van der Waals surface area contributed by atoms with Gasteiger partial charge in [-0.25, -0.2) is 0 Å². The number of aliphatic hydroxyl groups is 2. The van der Waals surface area contributed by atoms with Crippen molar-refractivity contribution in [1.29, 1.82) is 0 Å². The minimum absolute atomic E-state index is 0.104. The van der Waals surface area contributed by atoms with E-state index in [0.717, 1.165) is 43.2 Å². The topological polar surface area (TPSA) is 306 Å². The molecule has 11 N–H and O–H groups in total. The molecular formula is C48H69BN8O12. The van der Waals surface area contributed by atoms with E-state index in [-0.39, 0.29) is 23.0 Å². The summed E-state index contributed by atoms with van der Waals surface area (Å²) in [5.41, 5.74) is 8.32. The third kappa shape index (κ3) is 13.3. The van der Waals surface area contributed by atoms with Gasteiger partial charge in [-0.15, -0.1) is 0 Å². The van der Waals surface area contributed by atoms with E-state index >= 15 is 0 Å². The van der Waals surface area contributed by atoms with Crippen LogP contribution in [0, 0.1) is 17.3 Å². The van der Waals surface area contributed by atoms with Crippen LogP contribution in [0.2, 0.25) is 0 Å². The Kier molecular flexibility index (Phi) is 18.1. The second-order valence-electron chi connectivity index (χ2n) is 19.4. The average molecular weight is 961 g/mol. The van der Waals surface area contributed by atoms with E-state index in [1.54, 1.807) is 31.2 Å². The zero-order valence-corrected chi connectivity index (χ0v) is 40.7. The van der Waals surface area contributed by atoms with E-state index in [1.807, 2.05) is 19.1 Å². The Balaban J connectivity index is 1.05. The van der Waals surface area contributed by atoms with Crippen LogP contribution in [0.25, 0.3) is 11.1 Å². The first-order chi connectivity index (χ1) is 32.5. The Bertz CT molecular complexity index is 2210. The van der Waals surface area contributed by atoms with Crippen LogP contribution in [0.3, 0.4) is 0 Å². The summed E-state index contributed by atoms with van der Waals surface area (Å²) in [7, 11) is -0.780. The largest absolute Gasteiger partial charge is 0.481 e. The van der Waals surface area contributed by atoms with E-state index in [1.165, 1.54) is 26.3 Å². The third-order valence-electron chi connectivity index (χ3n) is 13.9. The average Bonchev–Trinajstić information content (AvgIpc) is 3.68. The van der Waals surface area contributed by atoms with Gasteiger partial charge in [-0.2, -0.15) is 0 Å². The number of carbonyl (C=O) groups excluding carboxylic acids is 8. The van der Waals surface area contributed by atoms with Crippen LogP contribution in [-0.2, 0) is 49.3 Å². The Morgan fingerprint density at radius 2 is 1.35 bits per heavy atom. The zero-order valence-electron chi connectivity index (χ0n) is 40.7. The van der Waals surface area contributed by atoms with Gasteiger partial charge in [-0.3, -0.25) is 38.4 Å². The molecule has 21 heteroatoms. The van der Waals surface area contributed by atoms with Crippen LogP contribution in [0.1, 0.15) is 103 Å². The fraction of sp³-hybridized carbons (Fsp3) is 0.583. The summed E-state index contributed by atoms with van der Waals surface area (Å²) in [5.74, 6) is -6.66. The lowest BCUT2D eigenvalue weighted by molar-refractivity contribution is -0.199. The number of amides is 8. The van der Waals surface area contributed by atoms with Gasteiger partial charge in [0.15, 0.2) is 0 Å². The SMILES string of the molecule is CCCCc1ccc(-c2ccc(C(=O)N[C@H](CO)C(=O)N[C@H](C)C(=O)NCC(=O)N[C@H](C(=O)N[C@@H](C)C(=O)N[C@@H](CC(N)=O)C(=O)N[C@@H](C)B3OC4C[C@@H]5C[C@@H](C5(C)C)[C@]4(C)O3)C(C)O)cc2)cc1. The Hall–Kier alpha value is -5.90. The van der Waals surface area contributed by atoms with Gasteiger partial charge in [-0.05, 0) is 106 Å². The molecule has 2 bridgehead atoms. The second kappa shape index (κ2) is 23.1. The van der Waals surface area contributed by atoms with Gasteiger partial charge in [0.05, 0.1) is 43.3 Å². The zero-order chi connectivity index (χ0) is 51.0. The van der Waals surface area contributed by atoms with Crippen molar-refractivity contribution >= 4 is 54.4 Å². The van der Waals surface area contributed by atoms with E-state index < -0.39 is 122 Å². The Labute approximate surface area is 403 Å². The monoisotopic (exact) mass is 961 g/mol. The molecular weight excluding hydrogens is 891 g/mol. The van der Waals surface area contributed by atoms with Crippen molar-refractivity contribution in [1.82, 2.24) is 37.2 Å². The smallest absolute Gasteiger partial charge is 0.404 e. The first kappa shape index (κ1) is 54.1. The number of rotatable bonds is 23. The van der Waals surface area contributed by atoms with Crippen molar-refractivity contribution in [3.63, 3.8) is 0 Å². The number of unbranched alkanes of at least 4 members (excludes halogenated alkanes) is 1. The Morgan fingerprint density at radius 3 is 1.93 bits per heavy atom. The second-order valence-corrected chi connectivity index (χ2v) is 19.4. The molecule has 376 valence electrons. The molecule has 0 radical (unpaired) electrons. The number of nitrogens with two attached hydrogens (primary N) is 1. The van der Waals surface area contributed by atoms with Crippen LogP contribution < -0.4 is 43.0 Å². The molecule has 1 aliphatic heterocycles. The van der Waals surface area contributed by atoms with Crippen LogP contribution in [0.15, 0.2) is 48.5 Å². The summed E-state index contributed by atoms with van der Waals surface area (Å²) in [6, 6.07) is 7.82. The summed E-state index contributed by atoms with van der Waals surface area (Å²) in [5, 5.41) is 37.2. The molecule has 3 aliphatic carbocycles. The number of aryl methyl sites for hydroxylation is 1. The fourth-order valence-corrected chi connectivity index (χ4v) is 9.41. The standard InChI is InChI=1S/C48H69BN8O12/c1-9-10-11-29-12-14-30(15-13-29)31-16-18-32(19-17-31)43(64)56-35(24-58)45(66)52-25(2)41(62)51-23-39(61)57-40(27(4)59)46(67)53-26(3)42(63)55-34(22-38(50)60)44(65)54-28(5)49-68-37-21-33-20-36(47(33,6)7)48(37,8)69-49/h12-19,25-28,33-37,40,58-59H,9-11,20-24H2,1-8H3,(H2,50,60)(H,51,62)(H,52,66)(H,53,67)(H,54,65)(H,55,63)(H,56,64)(H,57,61)/t25-,26+,27?,28+,33+,34+,35-,36+,37?,40+,48+/m1/s1. The molecule has 69 heavy (non-hydrogen) atoms. The highest BCUT2D eigenvalue weighted by Gasteiger charge is 2.68. The van der Waals surface area contributed by atoms with Crippen molar-refractivity contribution < 1.29 is 57.9 Å². The molecule has 4 fully saturated rings. The minimum Gasteiger partial charge on any atom is -0.404 e. The number of nitrogens with one attached hydrogen (secondary N) is 7. The lowest BCUT2D eigenvalue weighted by atomic mass is 9.43. The molecule has 2 aromatic rings. The number of hydrogen-bond donors (Lipinski definition) is 10.